The van der Waals surface area contributed by atoms with Crippen molar-refractivity contribution in [1.82, 2.24) is 4.98 Å². The number of hydrogen-bond donors (Lipinski definition) is 1. The first-order valence-electron chi connectivity index (χ1n) is 6.00. The summed E-state index contributed by atoms with van der Waals surface area (Å²) in [7, 11) is 0. The number of aromatic nitrogens is 1. The summed E-state index contributed by atoms with van der Waals surface area (Å²) in [6, 6.07) is 6.85. The third-order valence-corrected chi connectivity index (χ3v) is 3.06. The molecule has 0 bridgehead atoms. The Morgan fingerprint density at radius 1 is 1.33 bits per heavy atom. The summed E-state index contributed by atoms with van der Waals surface area (Å²) in [6.07, 6.45) is 0.588. The zero-order valence-electron chi connectivity index (χ0n) is 10.9. The van der Waals surface area contributed by atoms with Crippen LogP contribution < -0.4 is 10.1 Å². The van der Waals surface area contributed by atoms with Crippen LogP contribution in [0.15, 0.2) is 36.5 Å². The number of hydrogen-bond acceptors (Lipinski definition) is 3. The van der Waals surface area contributed by atoms with Gasteiger partial charge in [-0.15, -0.1) is 0 Å². The molecule has 0 aliphatic heterocycles. The number of halogens is 3. The molecule has 0 unspecified atom stereocenters. The molecule has 2 aromatic rings. The van der Waals surface area contributed by atoms with Crippen molar-refractivity contribution in [2.24, 2.45) is 0 Å². The highest BCUT2D eigenvalue weighted by Crippen LogP contribution is 2.26. The Morgan fingerprint density at radius 3 is 2.71 bits per heavy atom. The Bertz CT molecular complexity index is 650. The van der Waals surface area contributed by atoms with Crippen molar-refractivity contribution in [3.8, 4) is 5.75 Å². The van der Waals surface area contributed by atoms with E-state index in [1.165, 1.54) is 18.3 Å². The minimum atomic E-state index is -0.828. The maximum absolute atomic E-state index is 12.9. The molecule has 0 spiro atoms. The Balaban J connectivity index is 2.00. The maximum Gasteiger partial charge on any atom is 0.266 e. The molecule has 21 heavy (non-hydrogen) atoms. The van der Waals surface area contributed by atoms with E-state index in [0.29, 0.717) is 10.8 Å². The van der Waals surface area contributed by atoms with Crippen LogP contribution in [-0.4, -0.2) is 17.0 Å². The summed E-state index contributed by atoms with van der Waals surface area (Å²) in [5, 5.41) is 3.13. The lowest BCUT2D eigenvalue weighted by Crippen LogP contribution is -2.30. The van der Waals surface area contributed by atoms with Crippen LogP contribution in [0.3, 0.4) is 0 Å². The monoisotopic (exact) mass is 328 g/mol. The molecular weight excluding hydrogens is 318 g/mol. The van der Waals surface area contributed by atoms with Crippen molar-refractivity contribution in [2.75, 3.05) is 5.32 Å². The largest absolute Gasteiger partial charge is 0.479 e. The maximum atomic E-state index is 12.9. The first-order valence-corrected chi connectivity index (χ1v) is 6.75. The number of rotatable bonds is 4. The van der Waals surface area contributed by atoms with E-state index in [1.807, 2.05) is 0 Å². The minimum absolute atomic E-state index is 0.0965. The molecule has 2 rings (SSSR count). The van der Waals surface area contributed by atoms with Gasteiger partial charge in [-0.05, 0) is 37.3 Å². The summed E-state index contributed by atoms with van der Waals surface area (Å²) in [6.45, 7) is 1.55. The van der Waals surface area contributed by atoms with Crippen LogP contribution >= 0.6 is 23.2 Å². The molecule has 0 aliphatic rings. The van der Waals surface area contributed by atoms with Crippen LogP contribution in [0.5, 0.6) is 5.75 Å². The van der Waals surface area contributed by atoms with Crippen molar-refractivity contribution in [2.45, 2.75) is 13.0 Å². The Kier molecular flexibility index (Phi) is 4.98. The van der Waals surface area contributed by atoms with E-state index >= 15 is 0 Å². The van der Waals surface area contributed by atoms with Crippen molar-refractivity contribution in [3.05, 3.63) is 52.4 Å². The molecule has 0 saturated heterocycles. The fourth-order valence-corrected chi connectivity index (χ4v) is 1.82. The lowest BCUT2D eigenvalue weighted by Gasteiger charge is -2.15. The number of carbonyl (C=O) groups excluding carboxylic acids is 1. The minimum Gasteiger partial charge on any atom is -0.479 e. The number of nitrogens with one attached hydrogen (secondary N) is 1. The smallest absolute Gasteiger partial charge is 0.266 e. The third kappa shape index (κ3) is 4.31. The second-order valence-electron chi connectivity index (χ2n) is 4.19. The second-order valence-corrected chi connectivity index (χ2v) is 5.03. The van der Waals surface area contributed by atoms with E-state index in [-0.39, 0.29) is 10.8 Å². The number of amides is 1. The zero-order valence-corrected chi connectivity index (χ0v) is 12.5. The number of benzene rings is 1. The van der Waals surface area contributed by atoms with Crippen molar-refractivity contribution in [3.63, 3.8) is 0 Å². The van der Waals surface area contributed by atoms with Gasteiger partial charge in [-0.25, -0.2) is 9.37 Å². The predicted octanol–water partition coefficient (Wildman–Crippen LogP) is 3.93. The average Bonchev–Trinajstić information content (AvgIpc) is 2.44. The molecule has 0 aliphatic carbocycles. The van der Waals surface area contributed by atoms with Crippen LogP contribution in [0.2, 0.25) is 10.0 Å². The highest BCUT2D eigenvalue weighted by atomic mass is 35.5. The zero-order chi connectivity index (χ0) is 15.4. The predicted molar refractivity (Wildman–Crippen MR) is 79.4 cm³/mol. The van der Waals surface area contributed by atoms with Gasteiger partial charge in [0.2, 0.25) is 0 Å². The van der Waals surface area contributed by atoms with E-state index < -0.39 is 17.8 Å². The van der Waals surface area contributed by atoms with Crippen LogP contribution in [-0.2, 0) is 4.79 Å². The first kappa shape index (κ1) is 15.5. The van der Waals surface area contributed by atoms with Crippen LogP contribution in [0.4, 0.5) is 10.2 Å². The Labute approximate surface area is 130 Å². The van der Waals surface area contributed by atoms with E-state index in [1.54, 1.807) is 19.1 Å². The van der Waals surface area contributed by atoms with Gasteiger partial charge in [-0.1, -0.05) is 23.2 Å². The second kappa shape index (κ2) is 6.74. The first-order chi connectivity index (χ1) is 9.95. The average molecular weight is 329 g/mol. The van der Waals surface area contributed by atoms with Crippen molar-refractivity contribution < 1.29 is 13.9 Å². The summed E-state index contributed by atoms with van der Waals surface area (Å²) >= 11 is 11.5. The van der Waals surface area contributed by atoms with Crippen molar-refractivity contribution >= 4 is 34.9 Å². The Hall–Kier alpha value is -1.85. The topological polar surface area (TPSA) is 51.2 Å². The molecule has 1 heterocycles. The van der Waals surface area contributed by atoms with Crippen LogP contribution in [0, 0.1) is 5.82 Å². The van der Waals surface area contributed by atoms with Gasteiger partial charge < -0.3 is 10.1 Å². The molecular formula is C14H11Cl2FN2O2. The van der Waals surface area contributed by atoms with Crippen LogP contribution in [0.25, 0.3) is 0 Å². The lowest BCUT2D eigenvalue weighted by atomic mass is 10.3. The van der Waals surface area contributed by atoms with E-state index in [0.717, 1.165) is 6.07 Å². The highest BCUT2D eigenvalue weighted by Gasteiger charge is 2.17. The molecule has 1 amide bonds. The number of carbonyl (C=O) groups is 1. The molecule has 0 radical (unpaired) electrons. The molecule has 1 N–H and O–H groups in total. The van der Waals surface area contributed by atoms with Gasteiger partial charge in [-0.2, -0.15) is 0 Å². The molecule has 0 fully saturated rings. The van der Waals surface area contributed by atoms with Crippen molar-refractivity contribution in [1.29, 1.82) is 0 Å². The van der Waals surface area contributed by atoms with Crippen LogP contribution in [0.1, 0.15) is 6.92 Å². The molecule has 7 heteroatoms. The molecule has 1 aromatic heterocycles. The SMILES string of the molecule is C[C@@H](Oc1ccc(F)cc1Cl)C(=O)Nc1ccc(Cl)cn1. The van der Waals surface area contributed by atoms with Gasteiger partial charge >= 0.3 is 0 Å². The highest BCUT2D eigenvalue weighted by molar-refractivity contribution is 6.32. The van der Waals surface area contributed by atoms with E-state index in [9.17, 15) is 9.18 Å². The molecule has 4 nitrogen and oxygen atoms in total. The molecule has 110 valence electrons. The molecule has 1 aromatic carbocycles. The van der Waals surface area contributed by atoms with Gasteiger partial charge in [0.05, 0.1) is 10.0 Å². The molecule has 0 saturated carbocycles. The van der Waals surface area contributed by atoms with Gasteiger partial charge in [-0.3, -0.25) is 4.79 Å². The van der Waals surface area contributed by atoms with Gasteiger partial charge in [0.25, 0.3) is 5.91 Å². The molecule has 1 atom stereocenters. The summed E-state index contributed by atoms with van der Waals surface area (Å²) in [5.74, 6) is -0.310. The number of nitrogens with zero attached hydrogens (tertiary/aromatic N) is 1. The summed E-state index contributed by atoms with van der Waals surface area (Å²) < 4.78 is 18.3. The quantitative estimate of drug-likeness (QED) is 0.924. The summed E-state index contributed by atoms with van der Waals surface area (Å²) in [4.78, 5) is 15.9. The van der Waals surface area contributed by atoms with Gasteiger partial charge in [0.15, 0.2) is 6.10 Å². The third-order valence-electron chi connectivity index (χ3n) is 2.55. The number of pyridine rings is 1. The number of anilines is 1. The number of ether oxygens (including phenoxy) is 1. The fraction of sp³-hybridized carbons (Fsp3) is 0.143. The summed E-state index contributed by atoms with van der Waals surface area (Å²) in [5.41, 5.74) is 0. The lowest BCUT2D eigenvalue weighted by molar-refractivity contribution is -0.122. The van der Waals surface area contributed by atoms with E-state index in [4.69, 9.17) is 27.9 Å². The Morgan fingerprint density at radius 2 is 2.10 bits per heavy atom. The van der Waals surface area contributed by atoms with Gasteiger partial charge in [0.1, 0.15) is 17.4 Å². The van der Waals surface area contributed by atoms with E-state index in [2.05, 4.69) is 10.3 Å². The fourth-order valence-electron chi connectivity index (χ4n) is 1.49. The van der Waals surface area contributed by atoms with Gasteiger partial charge in [0, 0.05) is 6.20 Å². The standard InChI is InChI=1S/C14H11Cl2FN2O2/c1-8(21-12-4-3-10(17)6-11(12)16)14(20)19-13-5-2-9(15)7-18-13/h2-8H,1H3,(H,18,19,20)/t8-/m1/s1. The normalized spacial score (nSPS) is 11.8.